The van der Waals surface area contributed by atoms with Gasteiger partial charge in [0.05, 0.1) is 0 Å². The molecule has 0 radical (unpaired) electrons. The predicted molar refractivity (Wildman–Crippen MR) is 92.7 cm³/mol. The second-order valence-corrected chi connectivity index (χ2v) is 6.94. The van der Waals surface area contributed by atoms with E-state index < -0.39 is 0 Å². The number of carbonyl (C=O) groups is 2. The van der Waals surface area contributed by atoms with Crippen LogP contribution in [0.1, 0.15) is 88.1 Å². The molecule has 0 atom stereocenters. The Morgan fingerprint density at radius 2 is 1.35 bits per heavy atom. The van der Waals surface area contributed by atoms with E-state index in [0.29, 0.717) is 34.1 Å². The van der Waals surface area contributed by atoms with E-state index in [9.17, 15) is 9.59 Å². The van der Waals surface area contributed by atoms with Crippen LogP contribution >= 0.6 is 0 Å². The molecule has 2 aromatic rings. The molecule has 2 aromatic carbocycles. The van der Waals surface area contributed by atoms with Crippen molar-refractivity contribution in [1.82, 2.24) is 0 Å². The molecule has 0 aromatic heterocycles. The maximum atomic E-state index is 13.0. The maximum absolute atomic E-state index is 13.0. The van der Waals surface area contributed by atoms with Gasteiger partial charge in [0, 0.05) is 22.3 Å². The first-order chi connectivity index (χ1) is 10.8. The molecule has 1 aliphatic rings. The highest BCUT2D eigenvalue weighted by atomic mass is 16.1. The first-order valence-corrected chi connectivity index (χ1v) is 8.20. The van der Waals surface area contributed by atoms with Gasteiger partial charge in [-0.25, -0.2) is 0 Å². The number of rotatable bonds is 2. The van der Waals surface area contributed by atoms with Crippen LogP contribution in [0.5, 0.6) is 0 Å². The Morgan fingerprint density at radius 1 is 0.783 bits per heavy atom. The molecule has 118 valence electrons. The molecule has 0 spiro atoms. The van der Waals surface area contributed by atoms with Gasteiger partial charge in [-0.3, -0.25) is 9.59 Å². The van der Waals surface area contributed by atoms with Crippen LogP contribution in [0.2, 0.25) is 0 Å². The number of hydrogen-bond acceptors (Lipinski definition) is 2. The Balaban J connectivity index is 2.37. The van der Waals surface area contributed by atoms with Crippen molar-refractivity contribution in [3.63, 3.8) is 0 Å². The van der Waals surface area contributed by atoms with Crippen molar-refractivity contribution in [3.05, 3.63) is 69.3 Å². The fraction of sp³-hybridized carbons (Fsp3) is 0.333. The summed E-state index contributed by atoms with van der Waals surface area (Å²) >= 11 is 0. The first kappa shape index (κ1) is 15.7. The largest absolute Gasteiger partial charge is 0.289 e. The first-order valence-electron chi connectivity index (χ1n) is 8.20. The average molecular weight is 306 g/mol. The average Bonchev–Trinajstić information content (AvgIpc) is 2.51. The minimum absolute atomic E-state index is 0.0232. The van der Waals surface area contributed by atoms with E-state index in [1.54, 1.807) is 12.1 Å². The molecular weight excluding hydrogens is 284 g/mol. The molecule has 0 amide bonds. The Labute approximate surface area is 137 Å². The minimum Gasteiger partial charge on any atom is -0.289 e. The molecule has 0 fully saturated rings. The maximum Gasteiger partial charge on any atom is 0.194 e. The predicted octanol–water partition coefficient (Wildman–Crippen LogP) is 5.02. The molecule has 0 N–H and O–H groups in total. The minimum atomic E-state index is -0.0319. The van der Waals surface area contributed by atoms with Crippen LogP contribution in [0.15, 0.2) is 30.3 Å². The van der Waals surface area contributed by atoms with Gasteiger partial charge in [0.25, 0.3) is 0 Å². The summed E-state index contributed by atoms with van der Waals surface area (Å²) < 4.78 is 0. The zero-order valence-corrected chi connectivity index (χ0v) is 14.4. The molecule has 0 bridgehead atoms. The Morgan fingerprint density at radius 3 is 1.87 bits per heavy atom. The Bertz CT molecular complexity index is 826. The second kappa shape index (κ2) is 5.45. The molecule has 23 heavy (non-hydrogen) atoms. The topological polar surface area (TPSA) is 34.1 Å². The summed E-state index contributed by atoms with van der Waals surface area (Å²) in [4.78, 5) is 25.9. The highest BCUT2D eigenvalue weighted by Gasteiger charge is 2.33. The highest BCUT2D eigenvalue weighted by Crippen LogP contribution is 2.37. The van der Waals surface area contributed by atoms with Gasteiger partial charge >= 0.3 is 0 Å². The Hall–Kier alpha value is -2.22. The molecule has 0 unspecified atom stereocenters. The summed E-state index contributed by atoms with van der Waals surface area (Å²) in [7, 11) is 0. The number of fused-ring (bicyclic) bond motifs is 2. The smallest absolute Gasteiger partial charge is 0.194 e. The molecular formula is C21H22O2. The van der Waals surface area contributed by atoms with Crippen molar-refractivity contribution < 1.29 is 9.59 Å². The summed E-state index contributed by atoms with van der Waals surface area (Å²) in [5, 5.41) is 0. The molecule has 3 rings (SSSR count). The van der Waals surface area contributed by atoms with E-state index in [1.807, 2.05) is 25.1 Å². The van der Waals surface area contributed by atoms with Gasteiger partial charge in [0.1, 0.15) is 0 Å². The summed E-state index contributed by atoms with van der Waals surface area (Å²) in [6.45, 7) is 10.5. The van der Waals surface area contributed by atoms with Crippen LogP contribution in [-0.2, 0) is 0 Å². The quantitative estimate of drug-likeness (QED) is 0.666. The summed E-state index contributed by atoms with van der Waals surface area (Å²) in [5.41, 5.74) is 5.57. The van der Waals surface area contributed by atoms with E-state index in [2.05, 4.69) is 27.7 Å². The lowest BCUT2D eigenvalue weighted by Crippen LogP contribution is -2.24. The zero-order chi connectivity index (χ0) is 16.9. The van der Waals surface area contributed by atoms with Gasteiger partial charge in [0.2, 0.25) is 0 Å². The van der Waals surface area contributed by atoms with E-state index >= 15 is 0 Å². The molecule has 0 saturated carbocycles. The third-order valence-electron chi connectivity index (χ3n) is 4.75. The number of carbonyl (C=O) groups excluding carboxylic acids is 2. The van der Waals surface area contributed by atoms with Crippen molar-refractivity contribution in [3.8, 4) is 0 Å². The third-order valence-corrected chi connectivity index (χ3v) is 4.75. The zero-order valence-electron chi connectivity index (χ0n) is 14.4. The van der Waals surface area contributed by atoms with E-state index in [0.717, 1.165) is 5.56 Å². The monoisotopic (exact) mass is 306 g/mol. The van der Waals surface area contributed by atoms with Crippen LogP contribution in [0, 0.1) is 6.92 Å². The number of ketones is 2. The lowest BCUT2D eigenvalue weighted by molar-refractivity contribution is 0.0978. The second-order valence-electron chi connectivity index (χ2n) is 6.94. The van der Waals surface area contributed by atoms with Crippen LogP contribution in [0.3, 0.4) is 0 Å². The lowest BCUT2D eigenvalue weighted by atomic mass is 9.76. The standard InChI is InChI=1S/C21H22O2/c1-11(2)16-10-17-19(13(5)18(16)12(3)4)21(23)15-9-7-6-8-14(15)20(17)22/h6-12H,1-5H3. The van der Waals surface area contributed by atoms with Gasteiger partial charge in [-0.05, 0) is 41.5 Å². The van der Waals surface area contributed by atoms with E-state index in [-0.39, 0.29) is 11.6 Å². The van der Waals surface area contributed by atoms with Crippen LogP contribution in [-0.4, -0.2) is 11.6 Å². The summed E-state index contributed by atoms with van der Waals surface area (Å²) in [5.74, 6) is 0.578. The highest BCUT2D eigenvalue weighted by molar-refractivity contribution is 6.29. The van der Waals surface area contributed by atoms with Crippen molar-refractivity contribution >= 4 is 11.6 Å². The van der Waals surface area contributed by atoms with Crippen molar-refractivity contribution in [2.75, 3.05) is 0 Å². The lowest BCUT2D eigenvalue weighted by Gasteiger charge is -2.26. The third kappa shape index (κ3) is 2.24. The van der Waals surface area contributed by atoms with E-state index in [1.165, 1.54) is 11.1 Å². The SMILES string of the molecule is Cc1c2c(cc(C(C)C)c1C(C)C)C(=O)c1ccccc1C2=O. The fourth-order valence-corrected chi connectivity index (χ4v) is 3.73. The number of hydrogen-bond donors (Lipinski definition) is 0. The van der Waals surface area contributed by atoms with Crippen molar-refractivity contribution in [2.45, 2.75) is 46.5 Å². The Kier molecular flexibility index (Phi) is 3.71. The van der Waals surface area contributed by atoms with Gasteiger partial charge in [-0.15, -0.1) is 0 Å². The molecule has 2 heteroatoms. The van der Waals surface area contributed by atoms with Crippen LogP contribution < -0.4 is 0 Å². The van der Waals surface area contributed by atoms with Crippen LogP contribution in [0.4, 0.5) is 0 Å². The molecule has 0 saturated heterocycles. The van der Waals surface area contributed by atoms with Gasteiger partial charge in [-0.2, -0.15) is 0 Å². The van der Waals surface area contributed by atoms with Gasteiger partial charge in [-0.1, -0.05) is 52.0 Å². The molecule has 0 heterocycles. The van der Waals surface area contributed by atoms with Crippen LogP contribution in [0.25, 0.3) is 0 Å². The van der Waals surface area contributed by atoms with Crippen molar-refractivity contribution in [2.24, 2.45) is 0 Å². The summed E-state index contributed by atoms with van der Waals surface area (Å²) in [6, 6.07) is 9.09. The van der Waals surface area contributed by atoms with E-state index in [4.69, 9.17) is 0 Å². The molecule has 0 aliphatic heterocycles. The van der Waals surface area contributed by atoms with Gasteiger partial charge in [0.15, 0.2) is 11.6 Å². The fourth-order valence-electron chi connectivity index (χ4n) is 3.73. The van der Waals surface area contributed by atoms with Crippen molar-refractivity contribution in [1.29, 1.82) is 0 Å². The summed E-state index contributed by atoms with van der Waals surface area (Å²) in [6.07, 6.45) is 0. The number of benzene rings is 2. The van der Waals surface area contributed by atoms with Gasteiger partial charge < -0.3 is 0 Å². The molecule has 1 aliphatic carbocycles. The molecule has 2 nitrogen and oxygen atoms in total. The normalized spacial score (nSPS) is 13.5.